The van der Waals surface area contributed by atoms with Gasteiger partial charge in [0.15, 0.2) is 5.96 Å². The van der Waals surface area contributed by atoms with Gasteiger partial charge in [0.05, 0.1) is 0 Å². The third-order valence-electron chi connectivity index (χ3n) is 5.69. The number of guanidine groups is 1. The zero-order chi connectivity index (χ0) is 21.3. The van der Waals surface area contributed by atoms with E-state index in [0.29, 0.717) is 5.92 Å². The third kappa shape index (κ3) is 5.85. The van der Waals surface area contributed by atoms with E-state index < -0.39 is 0 Å². The van der Waals surface area contributed by atoms with Crippen LogP contribution in [0.1, 0.15) is 43.7 Å². The Morgan fingerprint density at radius 1 is 1.07 bits per heavy atom. The van der Waals surface area contributed by atoms with E-state index in [4.69, 9.17) is 0 Å². The number of carbonyl (C=O) groups excluding carboxylic acids is 1. The maximum Gasteiger partial charge on any atom is 0.225 e. The number of hydrogen-bond donors (Lipinski definition) is 2. The van der Waals surface area contributed by atoms with Crippen molar-refractivity contribution in [3.8, 4) is 0 Å². The third-order valence-corrected chi connectivity index (χ3v) is 5.69. The van der Waals surface area contributed by atoms with Crippen molar-refractivity contribution >= 4 is 11.9 Å². The molecule has 1 heterocycles. The molecule has 1 unspecified atom stereocenters. The Balaban J connectivity index is 1.55. The summed E-state index contributed by atoms with van der Waals surface area (Å²) in [6.07, 6.45) is 1.92. The molecule has 0 bridgehead atoms. The van der Waals surface area contributed by atoms with E-state index >= 15 is 0 Å². The molecule has 0 spiro atoms. The topological polar surface area (TPSA) is 56.7 Å². The number of nitrogens with zero attached hydrogens (tertiary/aromatic N) is 2. The minimum Gasteiger partial charge on any atom is -0.356 e. The van der Waals surface area contributed by atoms with Crippen molar-refractivity contribution in [2.24, 2.45) is 10.9 Å². The summed E-state index contributed by atoms with van der Waals surface area (Å²) in [5.41, 5.74) is 2.65. The van der Waals surface area contributed by atoms with Crippen molar-refractivity contribution < 1.29 is 4.79 Å². The lowest BCUT2D eigenvalue weighted by Crippen LogP contribution is -2.45. The van der Waals surface area contributed by atoms with E-state index in [1.54, 1.807) is 7.05 Å². The molecule has 3 rings (SSSR count). The van der Waals surface area contributed by atoms with Crippen LogP contribution in [0.2, 0.25) is 0 Å². The Morgan fingerprint density at radius 2 is 1.67 bits per heavy atom. The molecule has 1 amide bonds. The van der Waals surface area contributed by atoms with Gasteiger partial charge in [0.1, 0.15) is 0 Å². The number of likely N-dealkylation sites (tertiary alicyclic amines) is 1. The summed E-state index contributed by atoms with van der Waals surface area (Å²) in [4.78, 5) is 18.6. The molecule has 2 N–H and O–H groups in total. The molecule has 2 aromatic rings. The summed E-state index contributed by atoms with van der Waals surface area (Å²) in [6.45, 7) is 6.29. The highest BCUT2D eigenvalue weighted by Crippen LogP contribution is 2.27. The van der Waals surface area contributed by atoms with Gasteiger partial charge in [-0.05, 0) is 24.0 Å². The van der Waals surface area contributed by atoms with Gasteiger partial charge in [0, 0.05) is 44.6 Å². The minimum atomic E-state index is 0.0501. The van der Waals surface area contributed by atoms with Gasteiger partial charge in [-0.25, -0.2) is 0 Å². The van der Waals surface area contributed by atoms with E-state index in [0.717, 1.165) is 38.4 Å². The highest BCUT2D eigenvalue weighted by atomic mass is 16.2. The molecule has 0 aromatic heterocycles. The van der Waals surface area contributed by atoms with Crippen LogP contribution in [0.3, 0.4) is 0 Å². The molecule has 1 atom stereocenters. The summed E-state index contributed by atoms with van der Waals surface area (Å²) in [5.74, 6) is 1.42. The monoisotopic (exact) mass is 406 g/mol. The average molecular weight is 407 g/mol. The number of nitrogens with one attached hydrogen (secondary N) is 2. The molecule has 0 saturated carbocycles. The van der Waals surface area contributed by atoms with Crippen LogP contribution in [0, 0.1) is 5.92 Å². The van der Waals surface area contributed by atoms with Crippen molar-refractivity contribution in [1.82, 2.24) is 15.5 Å². The Hall–Kier alpha value is -2.82. The maximum atomic E-state index is 12.2. The SMILES string of the molecule is CN=C(NCCC(c1ccccc1)c1ccccc1)NC1CCN(C(=O)C(C)C)C1. The van der Waals surface area contributed by atoms with Crippen LogP contribution in [-0.2, 0) is 4.79 Å². The molecule has 1 aliphatic rings. The molecule has 5 nitrogen and oxygen atoms in total. The Morgan fingerprint density at radius 3 is 2.20 bits per heavy atom. The Labute approximate surface area is 180 Å². The first-order valence-electron chi connectivity index (χ1n) is 10.9. The standard InChI is InChI=1S/C25H34N4O/c1-19(2)24(30)29-17-15-22(18-29)28-25(26-3)27-16-14-23(20-10-6-4-7-11-20)21-12-8-5-9-13-21/h4-13,19,22-23H,14-18H2,1-3H3,(H2,26,27,28). The highest BCUT2D eigenvalue weighted by Gasteiger charge is 2.28. The number of carbonyl (C=O) groups is 1. The fraction of sp³-hybridized carbons (Fsp3) is 0.440. The van der Waals surface area contributed by atoms with Gasteiger partial charge < -0.3 is 15.5 Å². The lowest BCUT2D eigenvalue weighted by atomic mass is 9.88. The second-order valence-electron chi connectivity index (χ2n) is 8.23. The molecule has 0 radical (unpaired) electrons. The molecular weight excluding hydrogens is 372 g/mol. The molecule has 1 fully saturated rings. The van der Waals surface area contributed by atoms with Gasteiger partial charge in [0.25, 0.3) is 0 Å². The van der Waals surface area contributed by atoms with Crippen LogP contribution in [0.5, 0.6) is 0 Å². The van der Waals surface area contributed by atoms with Gasteiger partial charge in [-0.15, -0.1) is 0 Å². The highest BCUT2D eigenvalue weighted by molar-refractivity contribution is 5.81. The smallest absolute Gasteiger partial charge is 0.225 e. The lowest BCUT2D eigenvalue weighted by Gasteiger charge is -2.22. The van der Waals surface area contributed by atoms with Gasteiger partial charge in [-0.3, -0.25) is 9.79 Å². The number of rotatable bonds is 7. The average Bonchev–Trinajstić information content (AvgIpc) is 3.25. The number of hydrogen-bond acceptors (Lipinski definition) is 2. The van der Waals surface area contributed by atoms with E-state index in [-0.39, 0.29) is 17.9 Å². The molecule has 1 aliphatic heterocycles. The lowest BCUT2D eigenvalue weighted by molar-refractivity contribution is -0.133. The van der Waals surface area contributed by atoms with Crippen LogP contribution in [0.15, 0.2) is 65.7 Å². The van der Waals surface area contributed by atoms with E-state index in [1.807, 2.05) is 18.7 Å². The maximum absolute atomic E-state index is 12.2. The first kappa shape index (κ1) is 21.9. The van der Waals surface area contributed by atoms with Crippen molar-refractivity contribution in [3.05, 3.63) is 71.8 Å². The van der Waals surface area contributed by atoms with Crippen molar-refractivity contribution in [1.29, 1.82) is 0 Å². The Kier molecular flexibility index (Phi) is 7.89. The summed E-state index contributed by atoms with van der Waals surface area (Å²) in [5, 5.41) is 6.96. The van der Waals surface area contributed by atoms with E-state index in [9.17, 15) is 4.79 Å². The van der Waals surface area contributed by atoms with E-state index in [1.165, 1.54) is 11.1 Å². The van der Waals surface area contributed by atoms with Crippen LogP contribution in [-0.4, -0.2) is 49.5 Å². The largest absolute Gasteiger partial charge is 0.356 e. The summed E-state index contributed by atoms with van der Waals surface area (Å²) < 4.78 is 0. The molecule has 160 valence electrons. The molecule has 0 aliphatic carbocycles. The van der Waals surface area contributed by atoms with Crippen LogP contribution < -0.4 is 10.6 Å². The predicted octanol–water partition coefficient (Wildman–Crippen LogP) is 3.63. The molecule has 2 aromatic carbocycles. The van der Waals surface area contributed by atoms with Crippen molar-refractivity contribution in [2.45, 2.75) is 38.6 Å². The van der Waals surface area contributed by atoms with Gasteiger partial charge in [0.2, 0.25) is 5.91 Å². The minimum absolute atomic E-state index is 0.0501. The molecule has 5 heteroatoms. The fourth-order valence-electron chi connectivity index (χ4n) is 4.06. The summed E-state index contributed by atoms with van der Waals surface area (Å²) in [7, 11) is 1.80. The van der Waals surface area contributed by atoms with Crippen LogP contribution in [0.4, 0.5) is 0 Å². The molecule has 30 heavy (non-hydrogen) atoms. The van der Waals surface area contributed by atoms with Crippen molar-refractivity contribution in [2.75, 3.05) is 26.7 Å². The van der Waals surface area contributed by atoms with Gasteiger partial charge in [-0.2, -0.15) is 0 Å². The summed E-state index contributed by atoms with van der Waals surface area (Å²) in [6, 6.07) is 21.6. The normalized spacial score (nSPS) is 16.9. The first-order chi connectivity index (χ1) is 14.6. The second-order valence-corrected chi connectivity index (χ2v) is 8.23. The Bertz CT molecular complexity index is 780. The summed E-state index contributed by atoms with van der Waals surface area (Å²) >= 11 is 0. The van der Waals surface area contributed by atoms with Crippen molar-refractivity contribution in [3.63, 3.8) is 0 Å². The number of amides is 1. The predicted molar refractivity (Wildman–Crippen MR) is 124 cm³/mol. The first-order valence-corrected chi connectivity index (χ1v) is 10.9. The fourth-order valence-corrected chi connectivity index (χ4v) is 4.06. The quantitative estimate of drug-likeness (QED) is 0.545. The van der Waals surface area contributed by atoms with Crippen LogP contribution >= 0.6 is 0 Å². The second kappa shape index (κ2) is 10.8. The van der Waals surface area contributed by atoms with Crippen LogP contribution in [0.25, 0.3) is 0 Å². The zero-order valence-electron chi connectivity index (χ0n) is 18.3. The number of benzene rings is 2. The van der Waals surface area contributed by atoms with Gasteiger partial charge in [-0.1, -0.05) is 74.5 Å². The van der Waals surface area contributed by atoms with E-state index in [2.05, 4.69) is 76.3 Å². The zero-order valence-corrected chi connectivity index (χ0v) is 18.3. The molecule has 1 saturated heterocycles. The number of aliphatic imine (C=N–C) groups is 1. The molecular formula is C25H34N4O. The van der Waals surface area contributed by atoms with Gasteiger partial charge >= 0.3 is 0 Å².